The van der Waals surface area contributed by atoms with Crippen molar-refractivity contribution in [2.24, 2.45) is 0 Å². The first-order valence-electron chi connectivity index (χ1n) is 5.92. The van der Waals surface area contributed by atoms with Crippen LogP contribution in [-0.4, -0.2) is 57.6 Å². The number of carboxylic acid groups (broad SMARTS) is 1. The second-order valence-corrected chi connectivity index (χ2v) is 6.22. The lowest BCUT2D eigenvalue weighted by Gasteiger charge is -2.12. The average molecular weight is 280 g/mol. The van der Waals surface area contributed by atoms with Gasteiger partial charge >= 0.3 is 5.97 Å². The monoisotopic (exact) mass is 280 g/mol. The molecule has 1 rings (SSSR count). The maximum absolute atomic E-state index is 10.8. The Kier molecular flexibility index (Phi) is 6.00. The quantitative estimate of drug-likeness (QED) is 0.500. The van der Waals surface area contributed by atoms with Crippen LogP contribution in [0.4, 0.5) is 0 Å². The van der Waals surface area contributed by atoms with E-state index in [1.54, 1.807) is 0 Å². The van der Waals surface area contributed by atoms with Gasteiger partial charge in [0, 0.05) is 13.1 Å². The van der Waals surface area contributed by atoms with Crippen molar-refractivity contribution in [3.63, 3.8) is 0 Å². The fraction of sp³-hybridized carbons (Fsp3) is 0.900. The van der Waals surface area contributed by atoms with E-state index in [1.165, 1.54) is 0 Å². The minimum absolute atomic E-state index is 0.0611. The van der Waals surface area contributed by atoms with Gasteiger partial charge in [-0.15, -0.1) is 0 Å². The molecule has 106 valence electrons. The van der Waals surface area contributed by atoms with E-state index in [2.05, 4.69) is 10.0 Å². The van der Waals surface area contributed by atoms with Crippen molar-refractivity contribution in [3.8, 4) is 0 Å². The highest BCUT2D eigenvalue weighted by Crippen LogP contribution is 2.18. The molecule has 1 fully saturated rings. The fourth-order valence-corrected chi connectivity index (χ4v) is 2.29. The van der Waals surface area contributed by atoms with Gasteiger partial charge in [0.1, 0.15) is 0 Å². The Balaban J connectivity index is 2.01. The molecule has 0 radical (unpaired) electrons. The molecule has 1 saturated heterocycles. The normalized spacial score (nSPS) is 24.3. The van der Waals surface area contributed by atoms with E-state index in [0.717, 1.165) is 12.7 Å². The van der Waals surface area contributed by atoms with Crippen LogP contribution in [0.2, 0.25) is 0 Å². The van der Waals surface area contributed by atoms with Gasteiger partial charge in [0.15, 0.2) is 6.10 Å². The summed E-state index contributed by atoms with van der Waals surface area (Å²) in [5.41, 5.74) is 0. The number of rotatable bonds is 8. The zero-order valence-electron chi connectivity index (χ0n) is 10.4. The molecule has 2 atom stereocenters. The summed E-state index contributed by atoms with van der Waals surface area (Å²) in [6, 6.07) is 0. The van der Waals surface area contributed by atoms with Gasteiger partial charge in [-0.2, -0.15) is 0 Å². The maximum Gasteiger partial charge on any atom is 0.332 e. The molecular weight excluding hydrogens is 260 g/mol. The van der Waals surface area contributed by atoms with E-state index < -0.39 is 22.1 Å². The smallest absolute Gasteiger partial charge is 0.332 e. The van der Waals surface area contributed by atoms with Crippen LogP contribution in [-0.2, 0) is 19.6 Å². The Bertz CT molecular complexity index is 370. The van der Waals surface area contributed by atoms with Crippen molar-refractivity contribution in [1.29, 1.82) is 0 Å². The van der Waals surface area contributed by atoms with Crippen molar-refractivity contribution in [3.05, 3.63) is 0 Å². The Morgan fingerprint density at radius 3 is 2.67 bits per heavy atom. The molecule has 2 unspecified atom stereocenters. The highest BCUT2D eigenvalue weighted by Gasteiger charge is 2.29. The van der Waals surface area contributed by atoms with E-state index in [0.29, 0.717) is 32.5 Å². The summed E-state index contributed by atoms with van der Waals surface area (Å²) in [6.07, 6.45) is 2.36. The average Bonchev–Trinajstić information content (AvgIpc) is 2.70. The number of carbonyl (C=O) groups is 1. The molecule has 8 heteroatoms. The summed E-state index contributed by atoms with van der Waals surface area (Å²) in [4.78, 5) is 10.6. The molecule has 1 aliphatic rings. The summed E-state index contributed by atoms with van der Waals surface area (Å²) in [5, 5.41) is 11.9. The first kappa shape index (κ1) is 15.4. The van der Waals surface area contributed by atoms with Gasteiger partial charge in [0.05, 0.1) is 12.4 Å². The van der Waals surface area contributed by atoms with Crippen molar-refractivity contribution in [2.75, 3.05) is 25.9 Å². The van der Waals surface area contributed by atoms with Crippen molar-refractivity contribution >= 4 is 16.0 Å². The van der Waals surface area contributed by atoms with Gasteiger partial charge in [0.25, 0.3) is 0 Å². The fourth-order valence-electron chi connectivity index (χ4n) is 1.77. The number of nitrogens with one attached hydrogen (secondary N) is 2. The van der Waals surface area contributed by atoms with E-state index in [1.807, 2.05) is 0 Å². The van der Waals surface area contributed by atoms with Crippen molar-refractivity contribution < 1.29 is 23.1 Å². The first-order chi connectivity index (χ1) is 8.38. The van der Waals surface area contributed by atoms with Crippen LogP contribution in [0, 0.1) is 0 Å². The molecule has 0 amide bonds. The molecular formula is C10H20N2O5S. The van der Waals surface area contributed by atoms with E-state index in [9.17, 15) is 13.2 Å². The molecule has 0 saturated carbocycles. The van der Waals surface area contributed by atoms with Crippen molar-refractivity contribution in [2.45, 2.75) is 31.5 Å². The lowest BCUT2D eigenvalue weighted by atomic mass is 10.2. The van der Waals surface area contributed by atoms with Gasteiger partial charge < -0.3 is 15.2 Å². The lowest BCUT2D eigenvalue weighted by molar-refractivity contribution is -0.149. The Morgan fingerprint density at radius 1 is 1.39 bits per heavy atom. The number of aliphatic carboxylic acids is 1. The van der Waals surface area contributed by atoms with E-state index >= 15 is 0 Å². The topological polar surface area (TPSA) is 105 Å². The summed E-state index contributed by atoms with van der Waals surface area (Å²) in [5.74, 6) is -0.908. The van der Waals surface area contributed by atoms with Crippen LogP contribution in [0.25, 0.3) is 0 Å². The van der Waals surface area contributed by atoms with Gasteiger partial charge in [-0.25, -0.2) is 17.9 Å². The zero-order valence-corrected chi connectivity index (χ0v) is 11.2. The number of carboxylic acids is 1. The predicted octanol–water partition coefficient (Wildman–Crippen LogP) is -0.852. The maximum atomic E-state index is 10.8. The standard InChI is InChI=1S/C10H20N2O5S/c1-18(15,16)12-6-2-5-11-7-8-3-4-9(17-8)10(13)14/h8-9,11-12H,2-7H2,1H3,(H,13,14). The van der Waals surface area contributed by atoms with Crippen LogP contribution in [0.3, 0.4) is 0 Å². The lowest BCUT2D eigenvalue weighted by Crippen LogP contribution is -2.31. The molecule has 0 bridgehead atoms. The highest BCUT2D eigenvalue weighted by molar-refractivity contribution is 7.88. The Hall–Kier alpha value is -0.700. The van der Waals surface area contributed by atoms with Crippen LogP contribution >= 0.6 is 0 Å². The second kappa shape index (κ2) is 7.03. The van der Waals surface area contributed by atoms with Crippen LogP contribution in [0.5, 0.6) is 0 Å². The van der Waals surface area contributed by atoms with Gasteiger partial charge in [-0.3, -0.25) is 0 Å². The Morgan fingerprint density at radius 2 is 2.11 bits per heavy atom. The molecule has 0 aliphatic carbocycles. The molecule has 18 heavy (non-hydrogen) atoms. The predicted molar refractivity (Wildman–Crippen MR) is 65.9 cm³/mol. The van der Waals surface area contributed by atoms with E-state index in [4.69, 9.17) is 9.84 Å². The number of ether oxygens (including phenoxy) is 1. The molecule has 3 N–H and O–H groups in total. The number of hydrogen-bond acceptors (Lipinski definition) is 5. The van der Waals surface area contributed by atoms with Gasteiger partial charge in [-0.05, 0) is 25.8 Å². The van der Waals surface area contributed by atoms with Gasteiger partial charge in [-0.1, -0.05) is 0 Å². The van der Waals surface area contributed by atoms with Gasteiger partial charge in [0.2, 0.25) is 10.0 Å². The molecule has 0 aromatic heterocycles. The SMILES string of the molecule is CS(=O)(=O)NCCCNCC1CCC(C(=O)O)O1. The molecule has 1 aliphatic heterocycles. The molecule has 0 aromatic carbocycles. The third-order valence-electron chi connectivity index (χ3n) is 2.65. The second-order valence-electron chi connectivity index (χ2n) is 4.39. The number of hydrogen-bond donors (Lipinski definition) is 3. The van der Waals surface area contributed by atoms with Crippen LogP contribution in [0.15, 0.2) is 0 Å². The first-order valence-corrected chi connectivity index (χ1v) is 7.81. The largest absolute Gasteiger partial charge is 0.479 e. The Labute approximate surface area is 107 Å². The zero-order chi connectivity index (χ0) is 13.6. The minimum atomic E-state index is -3.11. The van der Waals surface area contributed by atoms with Crippen LogP contribution < -0.4 is 10.0 Å². The molecule has 0 aromatic rings. The van der Waals surface area contributed by atoms with Crippen molar-refractivity contribution in [1.82, 2.24) is 10.0 Å². The minimum Gasteiger partial charge on any atom is -0.479 e. The van der Waals surface area contributed by atoms with E-state index in [-0.39, 0.29) is 6.10 Å². The third kappa shape index (κ3) is 6.29. The number of sulfonamides is 1. The van der Waals surface area contributed by atoms with Crippen LogP contribution in [0.1, 0.15) is 19.3 Å². The summed E-state index contributed by atoms with van der Waals surface area (Å²) < 4.78 is 29.2. The molecule has 1 heterocycles. The summed E-state index contributed by atoms with van der Waals surface area (Å²) >= 11 is 0. The summed E-state index contributed by atoms with van der Waals surface area (Å²) in [7, 11) is -3.11. The molecule has 0 spiro atoms. The third-order valence-corrected chi connectivity index (χ3v) is 3.38. The highest BCUT2D eigenvalue weighted by atomic mass is 32.2. The summed E-state index contributed by atoms with van der Waals surface area (Å²) in [6.45, 7) is 1.66. The molecule has 7 nitrogen and oxygen atoms in total.